The molecule has 3 aromatic carbocycles. The number of benzene rings is 3. The van der Waals surface area contributed by atoms with Crippen molar-refractivity contribution in [2.75, 3.05) is 10.6 Å². The van der Waals surface area contributed by atoms with Crippen molar-refractivity contribution in [2.24, 2.45) is 0 Å². The van der Waals surface area contributed by atoms with E-state index in [4.69, 9.17) is 9.15 Å². The Labute approximate surface area is 196 Å². The normalized spacial score (nSPS) is 11.5. The molecule has 0 unspecified atom stereocenters. The summed E-state index contributed by atoms with van der Waals surface area (Å²) in [6.45, 7) is 5.47. The molecule has 0 saturated carbocycles. The molecule has 0 radical (unpaired) electrons. The molecule has 5 rings (SSSR count). The number of furan rings is 1. The molecule has 7 nitrogen and oxygen atoms in total. The number of carbonyl (C=O) groups is 1. The van der Waals surface area contributed by atoms with Gasteiger partial charge in [0.05, 0.1) is 5.69 Å². The summed E-state index contributed by atoms with van der Waals surface area (Å²) in [7, 11) is 0. The summed E-state index contributed by atoms with van der Waals surface area (Å²) in [4.78, 5) is 20.9. The number of carbonyl (C=O) groups excluding carboxylic acids is 1. The molecule has 0 aliphatic carbocycles. The van der Waals surface area contributed by atoms with Crippen LogP contribution in [-0.4, -0.2) is 21.7 Å². The van der Waals surface area contributed by atoms with Crippen LogP contribution in [0.25, 0.3) is 33.2 Å². The van der Waals surface area contributed by atoms with Crippen LogP contribution in [0.3, 0.4) is 0 Å². The highest BCUT2D eigenvalue weighted by Crippen LogP contribution is 2.35. The molecule has 1 amide bonds. The van der Waals surface area contributed by atoms with E-state index in [2.05, 4.69) is 26.7 Å². The van der Waals surface area contributed by atoms with E-state index in [-0.39, 0.29) is 0 Å². The van der Waals surface area contributed by atoms with Gasteiger partial charge in [0, 0.05) is 33.8 Å². The topological polar surface area (TPSA) is 89.3 Å². The molecule has 0 atom stereocenters. The van der Waals surface area contributed by atoms with Crippen LogP contribution < -0.4 is 10.6 Å². The zero-order chi connectivity index (χ0) is 23.7. The second-order valence-electron chi connectivity index (χ2n) is 8.90. The molecule has 2 N–H and O–H groups in total. The van der Waals surface area contributed by atoms with Crippen LogP contribution >= 0.6 is 0 Å². The lowest BCUT2D eigenvalue weighted by atomic mass is 10.1. The molecule has 0 aliphatic heterocycles. The second kappa shape index (κ2) is 8.51. The molecule has 2 heterocycles. The summed E-state index contributed by atoms with van der Waals surface area (Å²) in [6.07, 6.45) is 1.01. The Morgan fingerprint density at radius 2 is 1.65 bits per heavy atom. The summed E-state index contributed by atoms with van der Waals surface area (Å²) in [6, 6.07) is 23.2. The summed E-state index contributed by atoms with van der Waals surface area (Å²) in [5, 5.41) is 8.14. The van der Waals surface area contributed by atoms with Gasteiger partial charge in [-0.25, -0.2) is 14.8 Å². The summed E-state index contributed by atoms with van der Waals surface area (Å²) >= 11 is 0. The first kappa shape index (κ1) is 21.5. The first-order valence-electron chi connectivity index (χ1n) is 11.0. The van der Waals surface area contributed by atoms with Crippen molar-refractivity contribution in [3.05, 3.63) is 79.1 Å². The van der Waals surface area contributed by atoms with Crippen LogP contribution in [0.15, 0.2) is 83.5 Å². The number of hydrogen-bond donors (Lipinski definition) is 2. The zero-order valence-corrected chi connectivity index (χ0v) is 19.1. The Hall–Kier alpha value is -4.39. The smallest absolute Gasteiger partial charge is 0.412 e. The lowest BCUT2D eigenvalue weighted by Crippen LogP contribution is -2.27. The van der Waals surface area contributed by atoms with E-state index < -0.39 is 11.7 Å². The first-order chi connectivity index (χ1) is 16.4. The van der Waals surface area contributed by atoms with E-state index in [9.17, 15) is 4.79 Å². The maximum Gasteiger partial charge on any atom is 0.412 e. The highest BCUT2D eigenvalue weighted by molar-refractivity contribution is 6.09. The van der Waals surface area contributed by atoms with Gasteiger partial charge in [0.1, 0.15) is 28.9 Å². The number of para-hydroxylation sites is 2. The highest BCUT2D eigenvalue weighted by atomic mass is 16.6. The van der Waals surface area contributed by atoms with E-state index in [0.717, 1.165) is 38.9 Å². The van der Waals surface area contributed by atoms with Gasteiger partial charge < -0.3 is 14.5 Å². The van der Waals surface area contributed by atoms with Gasteiger partial charge in [-0.15, -0.1) is 0 Å². The van der Waals surface area contributed by atoms with Crippen molar-refractivity contribution in [3.8, 4) is 11.3 Å². The molecule has 0 spiro atoms. The number of ether oxygens (including phenoxy) is 1. The fraction of sp³-hybridized carbons (Fsp3) is 0.148. The van der Waals surface area contributed by atoms with Gasteiger partial charge in [-0.3, -0.25) is 5.32 Å². The van der Waals surface area contributed by atoms with E-state index >= 15 is 0 Å². The Morgan fingerprint density at radius 3 is 2.50 bits per heavy atom. The Morgan fingerprint density at radius 1 is 0.882 bits per heavy atom. The van der Waals surface area contributed by atoms with Gasteiger partial charge in [-0.05, 0) is 51.1 Å². The standard InChI is InChI=1S/C27H24N4O3/c1-27(2,3)34-26(32)31-18-9-6-8-17(14-18)30-24-15-22(28-16-29-24)21-12-7-11-20-19-10-4-5-13-23(19)33-25(20)21/h4-16H,1-3H3,(H,31,32)(H,28,29,30). The third kappa shape index (κ3) is 4.54. The quantitative estimate of drug-likeness (QED) is 0.301. The second-order valence-corrected chi connectivity index (χ2v) is 8.90. The number of nitrogens with one attached hydrogen (secondary N) is 2. The van der Waals surface area contributed by atoms with Crippen LogP contribution in [0.4, 0.5) is 22.0 Å². The Bertz CT molecular complexity index is 1500. The molecule has 0 fully saturated rings. The van der Waals surface area contributed by atoms with Gasteiger partial charge >= 0.3 is 6.09 Å². The number of aromatic nitrogens is 2. The van der Waals surface area contributed by atoms with E-state index in [0.29, 0.717) is 11.5 Å². The van der Waals surface area contributed by atoms with Crippen molar-refractivity contribution in [1.29, 1.82) is 0 Å². The number of amides is 1. The van der Waals surface area contributed by atoms with Crippen LogP contribution in [0, 0.1) is 0 Å². The number of anilines is 3. The maximum absolute atomic E-state index is 12.1. The monoisotopic (exact) mass is 452 g/mol. The van der Waals surface area contributed by atoms with Crippen molar-refractivity contribution in [2.45, 2.75) is 26.4 Å². The minimum absolute atomic E-state index is 0.507. The first-order valence-corrected chi connectivity index (χ1v) is 11.0. The van der Waals surface area contributed by atoms with Gasteiger partial charge in [-0.1, -0.05) is 36.4 Å². The van der Waals surface area contributed by atoms with Gasteiger partial charge in [0.15, 0.2) is 0 Å². The SMILES string of the molecule is CC(C)(C)OC(=O)Nc1cccc(Nc2cc(-c3cccc4c3oc3ccccc34)ncn2)c1. The highest BCUT2D eigenvalue weighted by Gasteiger charge is 2.16. The average molecular weight is 453 g/mol. The van der Waals surface area contributed by atoms with Crippen molar-refractivity contribution in [3.63, 3.8) is 0 Å². The molecule has 2 aromatic heterocycles. The average Bonchev–Trinajstić information content (AvgIpc) is 3.17. The molecule has 170 valence electrons. The fourth-order valence-corrected chi connectivity index (χ4v) is 3.77. The molecule has 0 bridgehead atoms. The van der Waals surface area contributed by atoms with E-state index in [1.165, 1.54) is 6.33 Å². The van der Waals surface area contributed by atoms with Crippen LogP contribution in [-0.2, 0) is 4.74 Å². The molecular weight excluding hydrogens is 428 g/mol. The van der Waals surface area contributed by atoms with Crippen molar-refractivity contribution in [1.82, 2.24) is 9.97 Å². The predicted molar refractivity (Wildman–Crippen MR) is 134 cm³/mol. The molecule has 0 aliphatic rings. The zero-order valence-electron chi connectivity index (χ0n) is 19.1. The van der Waals surface area contributed by atoms with Crippen LogP contribution in [0.1, 0.15) is 20.8 Å². The molecule has 0 saturated heterocycles. The number of rotatable bonds is 4. The lowest BCUT2D eigenvalue weighted by Gasteiger charge is -2.19. The maximum atomic E-state index is 12.1. The molecule has 34 heavy (non-hydrogen) atoms. The van der Waals surface area contributed by atoms with E-state index in [1.54, 1.807) is 6.07 Å². The molecule has 7 heteroatoms. The predicted octanol–water partition coefficient (Wildman–Crippen LogP) is 7.13. The van der Waals surface area contributed by atoms with Gasteiger partial charge in [0.25, 0.3) is 0 Å². The van der Waals surface area contributed by atoms with Crippen LogP contribution in [0.5, 0.6) is 0 Å². The molecule has 5 aromatic rings. The van der Waals surface area contributed by atoms with Crippen molar-refractivity contribution < 1.29 is 13.9 Å². The van der Waals surface area contributed by atoms with Gasteiger partial charge in [-0.2, -0.15) is 0 Å². The number of hydrogen-bond acceptors (Lipinski definition) is 6. The Balaban J connectivity index is 1.41. The number of fused-ring (bicyclic) bond motifs is 3. The third-order valence-corrected chi connectivity index (χ3v) is 5.13. The summed E-state index contributed by atoms with van der Waals surface area (Å²) < 4.78 is 11.5. The minimum atomic E-state index is -0.569. The molecular formula is C27H24N4O3. The van der Waals surface area contributed by atoms with Crippen molar-refractivity contribution >= 4 is 45.2 Å². The van der Waals surface area contributed by atoms with Gasteiger partial charge in [0.2, 0.25) is 0 Å². The van der Waals surface area contributed by atoms with Crippen LogP contribution in [0.2, 0.25) is 0 Å². The number of nitrogens with zero attached hydrogens (tertiary/aromatic N) is 2. The largest absolute Gasteiger partial charge is 0.455 e. The summed E-state index contributed by atoms with van der Waals surface area (Å²) in [5.74, 6) is 0.618. The Kier molecular flexibility index (Phi) is 5.37. The third-order valence-electron chi connectivity index (χ3n) is 5.13. The fourth-order valence-electron chi connectivity index (χ4n) is 3.77. The van der Waals surface area contributed by atoms with E-state index in [1.807, 2.05) is 81.4 Å². The minimum Gasteiger partial charge on any atom is -0.455 e. The lowest BCUT2D eigenvalue weighted by molar-refractivity contribution is 0.0636. The summed E-state index contributed by atoms with van der Waals surface area (Å²) in [5.41, 5.74) is 4.06.